The Morgan fingerprint density at radius 1 is 1.13 bits per heavy atom. The summed E-state index contributed by atoms with van der Waals surface area (Å²) in [4.78, 5) is 39.9. The number of rotatable bonds is 5. The van der Waals surface area contributed by atoms with Gasteiger partial charge < -0.3 is 16.0 Å². The zero-order valence-corrected chi connectivity index (χ0v) is 21.1. The molecule has 4 heterocycles. The van der Waals surface area contributed by atoms with Crippen molar-refractivity contribution in [3.8, 4) is 11.3 Å². The van der Waals surface area contributed by atoms with E-state index < -0.39 is 17.6 Å². The first-order valence-electron chi connectivity index (χ1n) is 12.5. The van der Waals surface area contributed by atoms with Crippen molar-refractivity contribution in [1.29, 1.82) is 0 Å². The Morgan fingerprint density at radius 3 is 2.62 bits per heavy atom. The summed E-state index contributed by atoms with van der Waals surface area (Å²) < 4.78 is 40.9. The van der Waals surface area contributed by atoms with E-state index >= 15 is 0 Å². The molecule has 2 amide bonds. The zero-order chi connectivity index (χ0) is 27.7. The van der Waals surface area contributed by atoms with Crippen molar-refractivity contribution in [2.24, 2.45) is 0 Å². The number of carbonyl (C=O) groups is 2. The van der Waals surface area contributed by atoms with Crippen molar-refractivity contribution in [3.63, 3.8) is 0 Å². The number of likely N-dealkylation sites (tertiary alicyclic amines) is 1. The minimum absolute atomic E-state index is 0.0160. The fourth-order valence-corrected chi connectivity index (χ4v) is 4.86. The Morgan fingerprint density at radius 2 is 1.90 bits per heavy atom. The number of nitrogens with one attached hydrogen (secondary N) is 1. The van der Waals surface area contributed by atoms with Crippen LogP contribution in [0.3, 0.4) is 0 Å². The lowest BCUT2D eigenvalue weighted by Crippen LogP contribution is -2.39. The molecular weight excluding hydrogens is 511 g/mol. The number of piperidine rings is 1. The fraction of sp³-hybridized carbons (Fsp3) is 0.296. The van der Waals surface area contributed by atoms with Crippen LogP contribution in [0, 0.1) is 0 Å². The molecular formula is C27H26F3N7O2. The highest BCUT2D eigenvalue weighted by atomic mass is 19.4. The number of hydrogen-bond acceptors (Lipinski definition) is 6. The molecule has 1 fully saturated rings. The molecule has 202 valence electrons. The van der Waals surface area contributed by atoms with Crippen LogP contribution in [0.2, 0.25) is 0 Å². The number of pyridine rings is 1. The minimum atomic E-state index is -4.55. The molecule has 1 saturated heterocycles. The number of alkyl halides is 3. The number of aromatic nitrogens is 4. The maximum absolute atomic E-state index is 13.0. The number of fused-ring (bicyclic) bond motifs is 1. The van der Waals surface area contributed by atoms with E-state index in [2.05, 4.69) is 15.3 Å². The van der Waals surface area contributed by atoms with E-state index in [4.69, 9.17) is 10.7 Å². The summed E-state index contributed by atoms with van der Waals surface area (Å²) in [5.74, 6) is 0.387. The highest BCUT2D eigenvalue weighted by Gasteiger charge is 2.31. The van der Waals surface area contributed by atoms with Gasteiger partial charge in [0.2, 0.25) is 5.91 Å². The molecule has 1 aliphatic heterocycles. The number of benzene rings is 1. The van der Waals surface area contributed by atoms with Gasteiger partial charge in [0.05, 0.1) is 5.56 Å². The maximum Gasteiger partial charge on any atom is 0.416 e. The smallest absolute Gasteiger partial charge is 0.382 e. The molecule has 1 aliphatic rings. The van der Waals surface area contributed by atoms with Gasteiger partial charge in [-0.1, -0.05) is 19.1 Å². The lowest BCUT2D eigenvalue weighted by atomic mass is 9.97. The van der Waals surface area contributed by atoms with E-state index in [1.54, 1.807) is 36.7 Å². The van der Waals surface area contributed by atoms with E-state index in [9.17, 15) is 22.8 Å². The van der Waals surface area contributed by atoms with Gasteiger partial charge in [-0.05, 0) is 37.1 Å². The van der Waals surface area contributed by atoms with E-state index in [0.717, 1.165) is 43.5 Å². The van der Waals surface area contributed by atoms with Gasteiger partial charge in [-0.2, -0.15) is 13.2 Å². The molecule has 0 radical (unpaired) electrons. The third-order valence-corrected chi connectivity index (χ3v) is 6.80. The molecule has 1 unspecified atom stereocenters. The highest BCUT2D eigenvalue weighted by Crippen LogP contribution is 2.34. The normalized spacial score (nSPS) is 15.9. The van der Waals surface area contributed by atoms with Crippen LogP contribution >= 0.6 is 0 Å². The van der Waals surface area contributed by atoms with E-state index in [-0.39, 0.29) is 23.2 Å². The van der Waals surface area contributed by atoms with Gasteiger partial charge >= 0.3 is 6.18 Å². The number of hydrogen-bond donors (Lipinski definition) is 2. The third-order valence-electron chi connectivity index (χ3n) is 6.80. The van der Waals surface area contributed by atoms with Gasteiger partial charge in [0.25, 0.3) is 5.91 Å². The molecule has 0 saturated carbocycles. The summed E-state index contributed by atoms with van der Waals surface area (Å²) in [6, 6.07) is 8.11. The topological polar surface area (TPSA) is 119 Å². The Bertz CT molecular complexity index is 1530. The largest absolute Gasteiger partial charge is 0.416 e. The number of nitrogen functional groups attached to an aromatic ring is 1. The van der Waals surface area contributed by atoms with Crippen molar-refractivity contribution < 1.29 is 22.8 Å². The summed E-state index contributed by atoms with van der Waals surface area (Å²) in [5, 5.41) is 2.40. The van der Waals surface area contributed by atoms with E-state index in [0.29, 0.717) is 35.6 Å². The number of carbonyl (C=O) groups excluding carboxylic acids is 2. The molecule has 0 spiro atoms. The average Bonchev–Trinajstić information content (AvgIpc) is 3.33. The van der Waals surface area contributed by atoms with E-state index in [1.165, 1.54) is 0 Å². The maximum atomic E-state index is 13.0. The Kier molecular flexibility index (Phi) is 6.94. The molecule has 0 bridgehead atoms. The van der Waals surface area contributed by atoms with Crippen LogP contribution in [-0.2, 0) is 11.0 Å². The molecule has 1 atom stereocenters. The summed E-state index contributed by atoms with van der Waals surface area (Å²) >= 11 is 0. The summed E-state index contributed by atoms with van der Waals surface area (Å²) in [7, 11) is 0. The number of nitrogens with zero attached hydrogens (tertiary/aromatic N) is 5. The lowest BCUT2D eigenvalue weighted by molar-refractivity contribution is -0.137. The van der Waals surface area contributed by atoms with Gasteiger partial charge in [-0.25, -0.2) is 15.0 Å². The van der Waals surface area contributed by atoms with Gasteiger partial charge in [-0.3, -0.25) is 14.0 Å². The second kappa shape index (κ2) is 10.4. The Hall–Kier alpha value is -4.48. The van der Waals surface area contributed by atoms with Crippen molar-refractivity contribution in [3.05, 3.63) is 71.9 Å². The lowest BCUT2D eigenvalue weighted by Gasteiger charge is -2.32. The number of amides is 2. The van der Waals surface area contributed by atoms with E-state index in [1.807, 2.05) is 16.2 Å². The quantitative estimate of drug-likeness (QED) is 0.379. The molecule has 3 N–H and O–H groups in total. The molecule has 1 aromatic carbocycles. The first-order chi connectivity index (χ1) is 18.7. The predicted molar refractivity (Wildman–Crippen MR) is 139 cm³/mol. The highest BCUT2D eigenvalue weighted by molar-refractivity contribution is 6.04. The molecule has 0 aliphatic carbocycles. The molecule has 39 heavy (non-hydrogen) atoms. The van der Waals surface area contributed by atoms with Gasteiger partial charge in [0.1, 0.15) is 28.7 Å². The van der Waals surface area contributed by atoms with Crippen LogP contribution in [0.15, 0.2) is 55.0 Å². The van der Waals surface area contributed by atoms with Gasteiger partial charge in [0, 0.05) is 55.1 Å². The summed E-state index contributed by atoms with van der Waals surface area (Å²) in [5.41, 5.74) is 7.47. The number of imidazole rings is 1. The van der Waals surface area contributed by atoms with Gasteiger partial charge in [-0.15, -0.1) is 0 Å². The second-order valence-electron chi connectivity index (χ2n) is 9.34. The van der Waals surface area contributed by atoms with Crippen LogP contribution in [0.4, 0.5) is 24.8 Å². The first kappa shape index (κ1) is 26.1. The number of anilines is 2. The summed E-state index contributed by atoms with van der Waals surface area (Å²) in [6.45, 7) is 3.14. The van der Waals surface area contributed by atoms with Crippen LogP contribution in [0.25, 0.3) is 16.8 Å². The molecule has 9 nitrogen and oxygen atoms in total. The summed E-state index contributed by atoms with van der Waals surface area (Å²) in [6.07, 6.45) is 2.02. The zero-order valence-electron chi connectivity index (χ0n) is 21.1. The van der Waals surface area contributed by atoms with Crippen molar-refractivity contribution in [2.75, 3.05) is 24.1 Å². The molecule has 4 aromatic rings. The second-order valence-corrected chi connectivity index (χ2v) is 9.34. The first-order valence-corrected chi connectivity index (χ1v) is 12.5. The molecule has 12 heteroatoms. The number of halogens is 3. The van der Waals surface area contributed by atoms with Crippen molar-refractivity contribution in [1.82, 2.24) is 24.3 Å². The monoisotopic (exact) mass is 537 g/mol. The van der Waals surface area contributed by atoms with Crippen LogP contribution in [0.5, 0.6) is 0 Å². The molecule has 3 aromatic heterocycles. The van der Waals surface area contributed by atoms with Crippen LogP contribution < -0.4 is 11.1 Å². The Balaban J connectivity index is 1.43. The van der Waals surface area contributed by atoms with Gasteiger partial charge in [0.15, 0.2) is 0 Å². The average molecular weight is 538 g/mol. The van der Waals surface area contributed by atoms with Crippen LogP contribution in [0.1, 0.15) is 53.8 Å². The number of nitrogens with two attached hydrogens (primary N) is 1. The predicted octanol–water partition coefficient (Wildman–Crippen LogP) is 4.76. The van der Waals surface area contributed by atoms with Crippen molar-refractivity contribution in [2.45, 2.75) is 38.3 Å². The SMILES string of the molecule is CCC(=O)N1CCCC(c2nc(-c3ccc(C(=O)Nc4cc(C(F)(F)F)ccn4)cc3)c3c(N)nccn23)C1. The fourth-order valence-electron chi connectivity index (χ4n) is 4.86. The Labute approximate surface area is 221 Å². The minimum Gasteiger partial charge on any atom is -0.382 e. The standard InChI is InChI=1S/C27H26F3N7O2/c1-2-21(38)36-12-3-4-18(15-36)25-35-22(23-24(31)33-11-13-37(23)25)16-5-7-17(8-6-16)26(39)34-20-14-19(9-10-32-20)27(28,29)30/h5-11,13-14,18H,2-4,12,15H2,1H3,(H2,31,33)(H,32,34,39). The van der Waals surface area contributed by atoms with Crippen LogP contribution in [-0.4, -0.2) is 49.2 Å². The molecule has 5 rings (SSSR count). The van der Waals surface area contributed by atoms with Crippen molar-refractivity contribution >= 4 is 29.0 Å². The third kappa shape index (κ3) is 5.27.